The number of benzene rings is 1. The van der Waals surface area contributed by atoms with Gasteiger partial charge in [0, 0.05) is 0 Å². The lowest BCUT2D eigenvalue weighted by Crippen LogP contribution is -2.12. The van der Waals surface area contributed by atoms with Crippen molar-refractivity contribution in [3.8, 4) is 5.75 Å². The molecule has 1 rings (SSSR count). The van der Waals surface area contributed by atoms with Gasteiger partial charge in [0.25, 0.3) is 0 Å². The van der Waals surface area contributed by atoms with E-state index in [0.29, 0.717) is 12.0 Å². The average molecular weight is 226 g/mol. The first-order valence-corrected chi connectivity index (χ1v) is 5.01. The normalized spacial score (nSPS) is 12.2. The first kappa shape index (κ1) is 12.5. The molecule has 0 saturated heterocycles. The number of carboxylic acids is 1. The van der Waals surface area contributed by atoms with Crippen molar-refractivity contribution < 1.29 is 19.0 Å². The minimum Gasteiger partial charge on any atom is -0.494 e. The minimum atomic E-state index is -0.860. The van der Waals surface area contributed by atoms with Gasteiger partial charge in [0.2, 0.25) is 0 Å². The molecule has 1 unspecified atom stereocenters. The molecule has 88 valence electrons. The SMILES string of the molecule is COc1cc(CC(C)C(=O)O)cc(C)c1F. The maximum atomic E-state index is 13.4. The van der Waals surface area contributed by atoms with Gasteiger partial charge in [0.1, 0.15) is 0 Å². The highest BCUT2D eigenvalue weighted by Gasteiger charge is 2.14. The smallest absolute Gasteiger partial charge is 0.306 e. The number of hydrogen-bond acceptors (Lipinski definition) is 2. The maximum Gasteiger partial charge on any atom is 0.306 e. The first-order chi connectivity index (χ1) is 7.45. The predicted octanol–water partition coefficient (Wildman–Crippen LogP) is 2.41. The van der Waals surface area contributed by atoms with Crippen LogP contribution in [0.3, 0.4) is 0 Å². The molecule has 4 heteroatoms. The Hall–Kier alpha value is -1.58. The fourth-order valence-electron chi connectivity index (χ4n) is 1.52. The lowest BCUT2D eigenvalue weighted by molar-refractivity contribution is -0.141. The van der Waals surface area contributed by atoms with Gasteiger partial charge < -0.3 is 9.84 Å². The summed E-state index contributed by atoms with van der Waals surface area (Å²) in [7, 11) is 1.39. The molecule has 1 aromatic carbocycles. The molecule has 0 spiro atoms. The number of aliphatic carboxylic acids is 1. The Morgan fingerprint density at radius 1 is 1.56 bits per heavy atom. The number of rotatable bonds is 4. The van der Waals surface area contributed by atoms with Gasteiger partial charge in [-0.05, 0) is 30.5 Å². The van der Waals surface area contributed by atoms with Crippen molar-refractivity contribution in [2.75, 3.05) is 7.11 Å². The zero-order valence-electron chi connectivity index (χ0n) is 9.58. The fourth-order valence-corrected chi connectivity index (χ4v) is 1.52. The Labute approximate surface area is 93.9 Å². The molecule has 0 bridgehead atoms. The molecule has 0 saturated carbocycles. The summed E-state index contributed by atoms with van der Waals surface area (Å²) in [5.41, 5.74) is 1.23. The molecule has 0 heterocycles. The quantitative estimate of drug-likeness (QED) is 0.857. The minimum absolute atomic E-state index is 0.160. The van der Waals surface area contributed by atoms with Gasteiger partial charge in [0.15, 0.2) is 11.6 Å². The van der Waals surface area contributed by atoms with Crippen LogP contribution in [0.2, 0.25) is 0 Å². The summed E-state index contributed by atoms with van der Waals surface area (Å²) >= 11 is 0. The summed E-state index contributed by atoms with van der Waals surface area (Å²) in [5, 5.41) is 8.79. The second-order valence-corrected chi connectivity index (χ2v) is 3.87. The van der Waals surface area contributed by atoms with Crippen LogP contribution < -0.4 is 4.74 Å². The monoisotopic (exact) mass is 226 g/mol. The summed E-state index contributed by atoms with van der Waals surface area (Å²) in [5.74, 6) is -1.59. The molecule has 16 heavy (non-hydrogen) atoms. The van der Waals surface area contributed by atoms with E-state index in [2.05, 4.69) is 0 Å². The van der Waals surface area contributed by atoms with E-state index in [0.717, 1.165) is 5.56 Å². The van der Waals surface area contributed by atoms with Gasteiger partial charge in [0.05, 0.1) is 13.0 Å². The van der Waals surface area contributed by atoms with Crippen LogP contribution in [-0.2, 0) is 11.2 Å². The highest BCUT2D eigenvalue weighted by atomic mass is 19.1. The van der Waals surface area contributed by atoms with Crippen LogP contribution >= 0.6 is 0 Å². The number of aryl methyl sites for hydroxylation is 1. The molecule has 3 nitrogen and oxygen atoms in total. The summed E-state index contributed by atoms with van der Waals surface area (Å²) < 4.78 is 18.3. The molecule has 1 N–H and O–H groups in total. The van der Waals surface area contributed by atoms with Crippen molar-refractivity contribution >= 4 is 5.97 Å². The molecule has 0 fully saturated rings. The van der Waals surface area contributed by atoms with E-state index in [1.165, 1.54) is 7.11 Å². The zero-order valence-corrected chi connectivity index (χ0v) is 9.58. The summed E-state index contributed by atoms with van der Waals surface area (Å²) in [6.45, 7) is 3.25. The van der Waals surface area contributed by atoms with Crippen LogP contribution in [0.4, 0.5) is 4.39 Å². The van der Waals surface area contributed by atoms with Crippen molar-refractivity contribution in [3.05, 3.63) is 29.1 Å². The molecule has 0 aliphatic heterocycles. The Balaban J connectivity index is 2.98. The topological polar surface area (TPSA) is 46.5 Å². The third-order valence-electron chi connectivity index (χ3n) is 2.46. The van der Waals surface area contributed by atoms with E-state index in [1.54, 1.807) is 26.0 Å². The van der Waals surface area contributed by atoms with Crippen LogP contribution in [0.5, 0.6) is 5.75 Å². The van der Waals surface area contributed by atoms with E-state index < -0.39 is 17.7 Å². The lowest BCUT2D eigenvalue weighted by atomic mass is 9.99. The van der Waals surface area contributed by atoms with E-state index in [4.69, 9.17) is 9.84 Å². The largest absolute Gasteiger partial charge is 0.494 e. The molecule has 0 aliphatic rings. The number of methoxy groups -OCH3 is 1. The van der Waals surface area contributed by atoms with Crippen molar-refractivity contribution in [2.24, 2.45) is 5.92 Å². The molecule has 0 radical (unpaired) electrons. The number of hydrogen-bond donors (Lipinski definition) is 1. The van der Waals surface area contributed by atoms with Crippen LogP contribution in [0, 0.1) is 18.7 Å². The van der Waals surface area contributed by atoms with E-state index >= 15 is 0 Å². The van der Waals surface area contributed by atoms with Gasteiger partial charge in [-0.3, -0.25) is 4.79 Å². The molecule has 1 atom stereocenters. The first-order valence-electron chi connectivity index (χ1n) is 5.01. The van der Waals surface area contributed by atoms with Gasteiger partial charge in [-0.25, -0.2) is 4.39 Å². The third kappa shape index (κ3) is 2.72. The maximum absolute atomic E-state index is 13.4. The summed E-state index contributed by atoms with van der Waals surface area (Å²) in [6, 6.07) is 3.19. The van der Waals surface area contributed by atoms with Gasteiger partial charge >= 0.3 is 5.97 Å². The molecule has 0 aromatic heterocycles. The fraction of sp³-hybridized carbons (Fsp3) is 0.417. The van der Waals surface area contributed by atoms with E-state index in [-0.39, 0.29) is 5.75 Å². The molecular weight excluding hydrogens is 211 g/mol. The number of halogens is 1. The van der Waals surface area contributed by atoms with Crippen molar-refractivity contribution in [3.63, 3.8) is 0 Å². The Kier molecular flexibility index (Phi) is 3.88. The summed E-state index contributed by atoms with van der Waals surface area (Å²) in [6.07, 6.45) is 0.368. The zero-order chi connectivity index (χ0) is 12.3. The second kappa shape index (κ2) is 4.96. The third-order valence-corrected chi connectivity index (χ3v) is 2.46. The molecule has 1 aromatic rings. The van der Waals surface area contributed by atoms with Crippen molar-refractivity contribution in [1.82, 2.24) is 0 Å². The van der Waals surface area contributed by atoms with Crippen molar-refractivity contribution in [2.45, 2.75) is 20.3 Å². The Morgan fingerprint density at radius 2 is 2.19 bits per heavy atom. The van der Waals surface area contributed by atoms with Crippen LogP contribution in [0.1, 0.15) is 18.1 Å². The van der Waals surface area contributed by atoms with Gasteiger partial charge in [-0.1, -0.05) is 13.0 Å². The van der Waals surface area contributed by atoms with Crippen molar-refractivity contribution in [1.29, 1.82) is 0 Å². The molecular formula is C12H15FO3. The van der Waals surface area contributed by atoms with Crippen LogP contribution in [0.15, 0.2) is 12.1 Å². The Morgan fingerprint density at radius 3 is 2.69 bits per heavy atom. The second-order valence-electron chi connectivity index (χ2n) is 3.87. The number of ether oxygens (including phenoxy) is 1. The lowest BCUT2D eigenvalue weighted by Gasteiger charge is -2.10. The highest BCUT2D eigenvalue weighted by Crippen LogP contribution is 2.23. The highest BCUT2D eigenvalue weighted by molar-refractivity contribution is 5.69. The van der Waals surface area contributed by atoms with Crippen LogP contribution in [0.25, 0.3) is 0 Å². The number of carbonyl (C=O) groups is 1. The molecule has 0 aliphatic carbocycles. The standard InChI is InChI=1S/C12H15FO3/c1-7-4-9(5-8(2)12(14)15)6-10(16-3)11(7)13/h4,6,8H,5H2,1-3H3,(H,14,15). The average Bonchev–Trinajstić information content (AvgIpc) is 2.22. The van der Waals surface area contributed by atoms with E-state index in [1.807, 2.05) is 0 Å². The van der Waals surface area contributed by atoms with Gasteiger partial charge in [-0.2, -0.15) is 0 Å². The predicted molar refractivity (Wildman–Crippen MR) is 58.2 cm³/mol. The Bertz CT molecular complexity index is 401. The van der Waals surface area contributed by atoms with Gasteiger partial charge in [-0.15, -0.1) is 0 Å². The summed E-state index contributed by atoms with van der Waals surface area (Å²) in [4.78, 5) is 10.7. The van der Waals surface area contributed by atoms with Crippen LogP contribution in [-0.4, -0.2) is 18.2 Å². The molecule has 0 amide bonds. The number of carboxylic acid groups (broad SMARTS) is 1. The van der Waals surface area contributed by atoms with E-state index in [9.17, 15) is 9.18 Å².